The molecule has 1 aromatic rings. The van der Waals surface area contributed by atoms with E-state index in [1.807, 2.05) is 12.1 Å². The standard InChI is InChI=1S/C13H17BrClN/c14-12-6-5-11(8-13(12)15)9-16-7-1-2-10-3-4-10/h5-6,8,10,16H,1-4,7,9H2. The van der Waals surface area contributed by atoms with Gasteiger partial charge in [0.2, 0.25) is 0 Å². The first-order chi connectivity index (χ1) is 7.75. The lowest BCUT2D eigenvalue weighted by atomic mass is 10.2. The highest BCUT2D eigenvalue weighted by molar-refractivity contribution is 9.10. The van der Waals surface area contributed by atoms with Crippen molar-refractivity contribution in [1.82, 2.24) is 5.32 Å². The monoisotopic (exact) mass is 301 g/mol. The summed E-state index contributed by atoms with van der Waals surface area (Å²) in [7, 11) is 0. The van der Waals surface area contributed by atoms with E-state index < -0.39 is 0 Å². The van der Waals surface area contributed by atoms with E-state index in [4.69, 9.17) is 11.6 Å². The number of nitrogens with one attached hydrogen (secondary N) is 1. The molecule has 2 rings (SSSR count). The van der Waals surface area contributed by atoms with Crippen LogP contribution in [0.15, 0.2) is 22.7 Å². The van der Waals surface area contributed by atoms with Crippen LogP contribution in [-0.4, -0.2) is 6.54 Å². The third-order valence-electron chi connectivity index (χ3n) is 2.98. The third-order valence-corrected chi connectivity index (χ3v) is 4.21. The molecule has 88 valence electrons. The summed E-state index contributed by atoms with van der Waals surface area (Å²) >= 11 is 9.42. The second-order valence-corrected chi connectivity index (χ2v) is 5.77. The lowest BCUT2D eigenvalue weighted by molar-refractivity contribution is 0.594. The second-order valence-electron chi connectivity index (χ2n) is 4.51. The molecular weight excluding hydrogens is 286 g/mol. The van der Waals surface area contributed by atoms with Crippen molar-refractivity contribution < 1.29 is 0 Å². The van der Waals surface area contributed by atoms with Gasteiger partial charge in [-0.2, -0.15) is 0 Å². The smallest absolute Gasteiger partial charge is 0.0551 e. The zero-order valence-electron chi connectivity index (χ0n) is 9.31. The predicted octanol–water partition coefficient (Wildman–Crippen LogP) is 4.38. The molecule has 0 bridgehead atoms. The van der Waals surface area contributed by atoms with Crippen LogP contribution in [0, 0.1) is 5.92 Å². The number of hydrogen-bond acceptors (Lipinski definition) is 1. The second kappa shape index (κ2) is 6.04. The van der Waals surface area contributed by atoms with E-state index in [9.17, 15) is 0 Å². The van der Waals surface area contributed by atoms with Crippen LogP contribution < -0.4 is 5.32 Å². The molecule has 0 heterocycles. The zero-order chi connectivity index (χ0) is 11.4. The van der Waals surface area contributed by atoms with E-state index in [1.54, 1.807) is 0 Å². The maximum absolute atomic E-state index is 6.03. The van der Waals surface area contributed by atoms with Crippen molar-refractivity contribution in [3.05, 3.63) is 33.3 Å². The number of hydrogen-bond donors (Lipinski definition) is 1. The van der Waals surface area contributed by atoms with Crippen molar-refractivity contribution in [3.8, 4) is 0 Å². The van der Waals surface area contributed by atoms with E-state index >= 15 is 0 Å². The third kappa shape index (κ3) is 4.08. The fourth-order valence-electron chi connectivity index (χ4n) is 1.80. The van der Waals surface area contributed by atoms with Gasteiger partial charge in [-0.15, -0.1) is 0 Å². The van der Waals surface area contributed by atoms with Crippen LogP contribution in [0.3, 0.4) is 0 Å². The summed E-state index contributed by atoms with van der Waals surface area (Å²) in [5.74, 6) is 1.05. The minimum atomic E-state index is 0.789. The summed E-state index contributed by atoms with van der Waals surface area (Å²) in [6, 6.07) is 6.12. The predicted molar refractivity (Wildman–Crippen MR) is 72.8 cm³/mol. The molecule has 0 unspecified atom stereocenters. The van der Waals surface area contributed by atoms with E-state index in [0.29, 0.717) is 0 Å². The zero-order valence-corrected chi connectivity index (χ0v) is 11.6. The van der Waals surface area contributed by atoms with Crippen LogP contribution in [0.2, 0.25) is 5.02 Å². The van der Waals surface area contributed by atoms with Gasteiger partial charge in [0.25, 0.3) is 0 Å². The fourth-order valence-corrected chi connectivity index (χ4v) is 2.25. The highest BCUT2D eigenvalue weighted by atomic mass is 79.9. The van der Waals surface area contributed by atoms with Gasteiger partial charge >= 0.3 is 0 Å². The van der Waals surface area contributed by atoms with Crippen LogP contribution in [0.25, 0.3) is 0 Å². The van der Waals surface area contributed by atoms with Gasteiger partial charge in [0.05, 0.1) is 5.02 Å². The molecule has 0 spiro atoms. The van der Waals surface area contributed by atoms with Crippen LogP contribution in [0.5, 0.6) is 0 Å². The maximum atomic E-state index is 6.03. The van der Waals surface area contributed by atoms with Crippen molar-refractivity contribution in [2.24, 2.45) is 5.92 Å². The Kier molecular flexibility index (Phi) is 4.68. The highest BCUT2D eigenvalue weighted by Gasteiger charge is 2.19. The summed E-state index contributed by atoms with van der Waals surface area (Å²) in [5, 5.41) is 4.25. The van der Waals surface area contributed by atoms with Gasteiger partial charge in [-0.05, 0) is 58.9 Å². The number of benzene rings is 1. The molecule has 1 aliphatic rings. The van der Waals surface area contributed by atoms with Crippen molar-refractivity contribution in [2.45, 2.75) is 32.2 Å². The van der Waals surface area contributed by atoms with Crippen LogP contribution >= 0.6 is 27.5 Å². The van der Waals surface area contributed by atoms with E-state index in [0.717, 1.165) is 28.5 Å². The molecule has 0 aromatic heterocycles. The van der Waals surface area contributed by atoms with Gasteiger partial charge in [0.15, 0.2) is 0 Å². The first kappa shape index (κ1) is 12.4. The molecule has 1 fully saturated rings. The minimum absolute atomic E-state index is 0.789. The highest BCUT2D eigenvalue weighted by Crippen LogP contribution is 2.33. The average Bonchev–Trinajstić information content (AvgIpc) is 3.07. The van der Waals surface area contributed by atoms with Crippen molar-refractivity contribution in [3.63, 3.8) is 0 Å². The van der Waals surface area contributed by atoms with E-state index in [-0.39, 0.29) is 0 Å². The molecule has 3 heteroatoms. The van der Waals surface area contributed by atoms with Gasteiger partial charge in [-0.1, -0.05) is 30.5 Å². The topological polar surface area (TPSA) is 12.0 Å². The van der Waals surface area contributed by atoms with Gasteiger partial charge in [-0.3, -0.25) is 0 Å². The molecule has 0 aliphatic heterocycles. The summed E-state index contributed by atoms with van der Waals surface area (Å²) < 4.78 is 0.964. The largest absolute Gasteiger partial charge is 0.313 e. The van der Waals surface area contributed by atoms with Crippen LogP contribution in [0.1, 0.15) is 31.2 Å². The van der Waals surface area contributed by atoms with Gasteiger partial charge in [0, 0.05) is 11.0 Å². The Bertz CT molecular complexity index is 350. The van der Waals surface area contributed by atoms with Gasteiger partial charge in [-0.25, -0.2) is 0 Å². The van der Waals surface area contributed by atoms with Crippen molar-refractivity contribution >= 4 is 27.5 Å². The molecule has 0 saturated heterocycles. The number of rotatable bonds is 6. The average molecular weight is 303 g/mol. The van der Waals surface area contributed by atoms with E-state index in [2.05, 4.69) is 27.3 Å². The molecule has 0 amide bonds. The molecule has 0 radical (unpaired) electrons. The van der Waals surface area contributed by atoms with Gasteiger partial charge < -0.3 is 5.32 Å². The normalized spacial score (nSPS) is 15.4. The molecule has 1 aliphatic carbocycles. The van der Waals surface area contributed by atoms with Crippen LogP contribution in [-0.2, 0) is 6.54 Å². The van der Waals surface area contributed by atoms with Gasteiger partial charge in [0.1, 0.15) is 0 Å². The lowest BCUT2D eigenvalue weighted by Crippen LogP contribution is -2.14. The summed E-state index contributed by atoms with van der Waals surface area (Å²) in [6.07, 6.45) is 5.62. The quantitative estimate of drug-likeness (QED) is 0.769. The number of halogens is 2. The summed E-state index contributed by atoms with van der Waals surface area (Å²) in [4.78, 5) is 0. The molecule has 0 atom stereocenters. The van der Waals surface area contributed by atoms with Crippen LogP contribution in [0.4, 0.5) is 0 Å². The van der Waals surface area contributed by atoms with E-state index in [1.165, 1.54) is 31.2 Å². The Labute approximate surface area is 111 Å². The Balaban J connectivity index is 1.65. The molecule has 16 heavy (non-hydrogen) atoms. The minimum Gasteiger partial charge on any atom is -0.313 e. The molecular formula is C13H17BrClN. The summed E-state index contributed by atoms with van der Waals surface area (Å²) in [6.45, 7) is 2.03. The molecule has 1 saturated carbocycles. The molecule has 1 N–H and O–H groups in total. The Morgan fingerprint density at radius 2 is 2.19 bits per heavy atom. The fraction of sp³-hybridized carbons (Fsp3) is 0.538. The first-order valence-corrected chi connectivity index (χ1v) is 7.07. The Hall–Kier alpha value is -0.0500. The van der Waals surface area contributed by atoms with Crippen molar-refractivity contribution in [1.29, 1.82) is 0 Å². The maximum Gasteiger partial charge on any atom is 0.0551 e. The first-order valence-electron chi connectivity index (χ1n) is 5.90. The van der Waals surface area contributed by atoms with Crippen molar-refractivity contribution in [2.75, 3.05) is 6.54 Å². The Morgan fingerprint density at radius 1 is 1.38 bits per heavy atom. The summed E-state index contributed by atoms with van der Waals surface area (Å²) in [5.41, 5.74) is 1.25. The molecule has 1 nitrogen and oxygen atoms in total. The molecule has 1 aromatic carbocycles. The lowest BCUT2D eigenvalue weighted by Gasteiger charge is -2.05. The SMILES string of the molecule is Clc1cc(CNCCCC2CC2)ccc1Br. The Morgan fingerprint density at radius 3 is 2.88 bits per heavy atom.